The molecule has 0 radical (unpaired) electrons. The van der Waals surface area contributed by atoms with E-state index >= 15 is 0 Å². The Morgan fingerprint density at radius 2 is 0.810 bits per heavy atom. The van der Waals surface area contributed by atoms with E-state index < -0.39 is 77.3 Å². The van der Waals surface area contributed by atoms with Crippen LogP contribution >= 0.6 is 0 Å². The van der Waals surface area contributed by atoms with E-state index in [9.17, 15) is 35.1 Å². The maximum absolute atomic E-state index is 13.4. The first-order valence-electron chi connectivity index (χ1n) is 5.37. The molecule has 0 amide bonds. The number of rotatable bonds is 2. The van der Waals surface area contributed by atoms with Crippen molar-refractivity contribution in [2.45, 2.75) is 0 Å². The third-order valence-corrected chi connectivity index (χ3v) is 10.6. The summed E-state index contributed by atoms with van der Waals surface area (Å²) in [7, 11) is 0. The zero-order chi connectivity index (χ0) is 15.9. The van der Waals surface area contributed by atoms with Gasteiger partial charge in [0.05, 0.1) is 0 Å². The number of halogens is 8. The van der Waals surface area contributed by atoms with Gasteiger partial charge in [-0.25, -0.2) is 0 Å². The van der Waals surface area contributed by atoms with Gasteiger partial charge in [0.25, 0.3) is 0 Å². The minimum absolute atomic E-state index is 0.0312. The first-order chi connectivity index (χ1) is 9.73. The summed E-state index contributed by atoms with van der Waals surface area (Å²) in [5.74, 6) is -14.4. The zero-order valence-electron chi connectivity index (χ0n) is 9.89. The van der Waals surface area contributed by atoms with E-state index in [1.54, 1.807) is 0 Å². The molecule has 0 aliphatic heterocycles. The second-order valence-electron chi connectivity index (χ2n) is 4.07. The molecule has 0 spiro atoms. The SMILES string of the molecule is Fc1cc(F)[c]([Hg][c]2c(F)cc(F)c(F)c2F)c(F)c1F. The molecule has 0 atom stereocenters. The van der Waals surface area contributed by atoms with Gasteiger partial charge >= 0.3 is 125 Å². The summed E-state index contributed by atoms with van der Waals surface area (Å²) in [6, 6.07) is 0.0624. The molecule has 2 aromatic rings. The van der Waals surface area contributed by atoms with Crippen LogP contribution in [-0.4, -0.2) is 0 Å². The fourth-order valence-electron chi connectivity index (χ4n) is 1.71. The van der Waals surface area contributed by atoms with Crippen LogP contribution in [0.1, 0.15) is 0 Å². The van der Waals surface area contributed by atoms with Gasteiger partial charge in [0.2, 0.25) is 0 Å². The van der Waals surface area contributed by atoms with Crippen molar-refractivity contribution < 1.29 is 59.7 Å². The first kappa shape index (κ1) is 16.2. The van der Waals surface area contributed by atoms with Gasteiger partial charge in [-0.15, -0.1) is 0 Å². The van der Waals surface area contributed by atoms with Crippen molar-refractivity contribution in [1.82, 2.24) is 0 Å². The van der Waals surface area contributed by atoms with Crippen LogP contribution in [0.4, 0.5) is 35.1 Å². The van der Waals surface area contributed by atoms with E-state index in [1.165, 1.54) is 0 Å². The summed E-state index contributed by atoms with van der Waals surface area (Å²) in [6.45, 7) is 0. The molecule has 0 unspecified atom stereocenters. The molecule has 0 aliphatic rings. The molecule has 0 saturated heterocycles. The van der Waals surface area contributed by atoms with Crippen LogP contribution < -0.4 is 6.14 Å². The van der Waals surface area contributed by atoms with Gasteiger partial charge in [-0.05, 0) is 0 Å². The number of hydrogen-bond donors (Lipinski definition) is 0. The quantitative estimate of drug-likeness (QED) is 0.259. The van der Waals surface area contributed by atoms with Crippen molar-refractivity contribution in [1.29, 1.82) is 0 Å². The molecular formula is C12H2F8Hg. The van der Waals surface area contributed by atoms with Gasteiger partial charge in [0, 0.05) is 0 Å². The van der Waals surface area contributed by atoms with Crippen molar-refractivity contribution in [3.63, 3.8) is 0 Å². The average Bonchev–Trinajstić information content (AvgIpc) is 2.42. The molecule has 0 aromatic heterocycles. The summed E-state index contributed by atoms with van der Waals surface area (Å²) >= 11 is -3.62. The molecule has 0 saturated carbocycles. The molecule has 108 valence electrons. The molecule has 2 rings (SSSR count). The molecule has 2 aromatic carbocycles. The maximum atomic E-state index is 13.4. The van der Waals surface area contributed by atoms with Gasteiger partial charge in [-0.2, -0.15) is 0 Å². The first-order valence-corrected chi connectivity index (χ1v) is 10.9. The van der Waals surface area contributed by atoms with Gasteiger partial charge < -0.3 is 0 Å². The van der Waals surface area contributed by atoms with E-state index in [1.807, 2.05) is 0 Å². The molecule has 0 bridgehead atoms. The predicted molar refractivity (Wildman–Crippen MR) is 51.8 cm³/mol. The average molecular weight is 499 g/mol. The van der Waals surface area contributed by atoms with Gasteiger partial charge in [-0.1, -0.05) is 0 Å². The molecule has 0 N–H and O–H groups in total. The summed E-state index contributed by atoms with van der Waals surface area (Å²) in [5, 5.41) is 0. The van der Waals surface area contributed by atoms with Crippen LogP contribution in [0.5, 0.6) is 0 Å². The van der Waals surface area contributed by atoms with Crippen molar-refractivity contribution >= 4 is 6.14 Å². The Morgan fingerprint density at radius 3 is 1.14 bits per heavy atom. The van der Waals surface area contributed by atoms with E-state index in [0.29, 0.717) is 0 Å². The fraction of sp³-hybridized carbons (Fsp3) is 0. The summed E-state index contributed by atoms with van der Waals surface area (Å²) in [5.41, 5.74) is 0. The topological polar surface area (TPSA) is 0 Å². The fourth-order valence-corrected chi connectivity index (χ4v) is 7.60. The molecular weight excluding hydrogens is 497 g/mol. The Balaban J connectivity index is 2.59. The van der Waals surface area contributed by atoms with Crippen LogP contribution in [0, 0.1) is 46.5 Å². The zero-order valence-corrected chi connectivity index (χ0v) is 15.4. The van der Waals surface area contributed by atoms with Crippen molar-refractivity contribution in [2.24, 2.45) is 0 Å². The summed E-state index contributed by atoms with van der Waals surface area (Å²) in [6.07, 6.45) is 0. The normalized spacial score (nSPS) is 10.7. The summed E-state index contributed by atoms with van der Waals surface area (Å²) in [4.78, 5) is 0. The summed E-state index contributed by atoms with van der Waals surface area (Å²) < 4.78 is 103. The van der Waals surface area contributed by atoms with E-state index in [-0.39, 0.29) is 12.1 Å². The van der Waals surface area contributed by atoms with Crippen molar-refractivity contribution in [2.75, 3.05) is 0 Å². The number of benzene rings is 2. The second-order valence-corrected chi connectivity index (χ2v) is 10.9. The molecule has 0 aliphatic carbocycles. The Morgan fingerprint density at radius 1 is 0.476 bits per heavy atom. The van der Waals surface area contributed by atoms with Crippen LogP contribution in [0.3, 0.4) is 0 Å². The van der Waals surface area contributed by atoms with Crippen LogP contribution in [-0.2, 0) is 24.6 Å². The van der Waals surface area contributed by atoms with E-state index in [2.05, 4.69) is 0 Å². The molecule has 9 heteroatoms. The van der Waals surface area contributed by atoms with Crippen molar-refractivity contribution in [3.8, 4) is 0 Å². The van der Waals surface area contributed by atoms with Crippen LogP contribution in [0.2, 0.25) is 0 Å². The number of hydrogen-bond acceptors (Lipinski definition) is 0. The Bertz CT molecular complexity index is 667. The Labute approximate surface area is 124 Å². The minimum atomic E-state index is -3.62. The predicted octanol–water partition coefficient (Wildman–Crippen LogP) is 2.83. The molecule has 21 heavy (non-hydrogen) atoms. The standard InChI is InChI=1S/2C6HF4.Hg/c2*7-3-1-4(8)6(10)5(9)2-3;/h2*1H;. The van der Waals surface area contributed by atoms with Crippen LogP contribution in [0.25, 0.3) is 0 Å². The Hall–Kier alpha value is -1.18. The third kappa shape index (κ3) is 2.90. The van der Waals surface area contributed by atoms with Gasteiger partial charge in [0.1, 0.15) is 0 Å². The second kappa shape index (κ2) is 5.90. The Kier molecular flexibility index (Phi) is 4.55. The monoisotopic (exact) mass is 500 g/mol. The molecule has 0 fully saturated rings. The third-order valence-electron chi connectivity index (χ3n) is 2.77. The van der Waals surface area contributed by atoms with Crippen LogP contribution in [0.15, 0.2) is 12.1 Å². The van der Waals surface area contributed by atoms with E-state index in [0.717, 1.165) is 0 Å². The molecule has 0 nitrogen and oxygen atoms in total. The van der Waals surface area contributed by atoms with E-state index in [4.69, 9.17) is 0 Å². The molecule has 0 heterocycles. The van der Waals surface area contributed by atoms with Gasteiger partial charge in [-0.3, -0.25) is 0 Å². The van der Waals surface area contributed by atoms with Crippen molar-refractivity contribution in [3.05, 3.63) is 58.7 Å². The van der Waals surface area contributed by atoms with Gasteiger partial charge in [0.15, 0.2) is 0 Å².